The molecular formula is C59H55N. The molecular weight excluding hydrogens is 723 g/mol. The Morgan fingerprint density at radius 3 is 1.70 bits per heavy atom. The average molecular weight is 778 g/mol. The van der Waals surface area contributed by atoms with Crippen molar-refractivity contribution in [3.8, 4) is 44.5 Å². The highest BCUT2D eigenvalue weighted by atomic mass is 15.1. The minimum atomic E-state index is 0.0530. The van der Waals surface area contributed by atoms with E-state index in [1.165, 1.54) is 138 Å². The van der Waals surface area contributed by atoms with Crippen LogP contribution in [0.1, 0.15) is 99.8 Å². The van der Waals surface area contributed by atoms with Crippen molar-refractivity contribution in [1.29, 1.82) is 0 Å². The van der Waals surface area contributed by atoms with E-state index in [1.54, 1.807) is 16.7 Å². The summed E-state index contributed by atoms with van der Waals surface area (Å²) in [6.45, 7) is 2.48. The number of anilines is 3. The molecule has 3 fully saturated rings. The Kier molecular flexibility index (Phi) is 8.59. The second-order valence-electron chi connectivity index (χ2n) is 18.9. The van der Waals surface area contributed by atoms with Crippen molar-refractivity contribution in [1.82, 2.24) is 0 Å². The fourth-order valence-electron chi connectivity index (χ4n) is 13.8. The smallest absolute Gasteiger partial charge is 0.0468 e. The number of nitrogens with zero attached hydrogens (tertiary/aromatic N) is 1. The normalized spacial score (nSPS) is 22.9. The summed E-state index contributed by atoms with van der Waals surface area (Å²) in [5.41, 5.74) is 21.0. The predicted molar refractivity (Wildman–Crippen MR) is 251 cm³/mol. The highest BCUT2D eigenvalue weighted by molar-refractivity contribution is 5.92. The van der Waals surface area contributed by atoms with Gasteiger partial charge >= 0.3 is 0 Å². The second-order valence-corrected chi connectivity index (χ2v) is 18.9. The standard InChI is InChI=1S/C59H55N/c1-2-43-35-40-17-16-22-44(36-40)59(43)55-26-13-11-24-50(55)52-32-29-47(39-57(52)59)60(45-27-30-48(41-18-6-3-7-19-41)53(37-45)42-20-8-4-9-21-42)46-28-31-51-49-23-10-12-25-54(49)58(56(51)38-46)33-14-5-15-34-58/h3-4,6-13,18-21,23-32,37-40,43-44H,2,5,14-17,22,33-36H2,1H3. The molecule has 7 aromatic rings. The molecule has 4 unspecified atom stereocenters. The van der Waals surface area contributed by atoms with E-state index in [0.717, 1.165) is 5.92 Å². The van der Waals surface area contributed by atoms with Crippen molar-refractivity contribution in [2.24, 2.45) is 17.8 Å². The Morgan fingerprint density at radius 2 is 1.00 bits per heavy atom. The molecule has 12 rings (SSSR count). The van der Waals surface area contributed by atoms with Crippen LogP contribution >= 0.6 is 0 Å². The van der Waals surface area contributed by atoms with E-state index in [4.69, 9.17) is 0 Å². The van der Waals surface area contributed by atoms with Crippen LogP contribution in [0.15, 0.2) is 164 Å². The minimum Gasteiger partial charge on any atom is -0.310 e. The second kappa shape index (κ2) is 14.2. The van der Waals surface area contributed by atoms with Crippen LogP contribution < -0.4 is 4.90 Å². The SMILES string of the molecule is CCC1CC2CCCC(C2)C12c1ccccc1-c1ccc(N(c3ccc(-c4ccccc4)c(-c4ccccc4)c3)c3ccc4c(c3)C3(CCCCC3)c3ccccc3-4)cc12. The van der Waals surface area contributed by atoms with Crippen molar-refractivity contribution in [2.75, 3.05) is 4.90 Å². The monoisotopic (exact) mass is 777 g/mol. The number of fused-ring (bicyclic) bond motifs is 13. The first-order valence-corrected chi connectivity index (χ1v) is 23.2. The largest absolute Gasteiger partial charge is 0.310 e. The Hall–Kier alpha value is -5.66. The van der Waals surface area contributed by atoms with Crippen molar-refractivity contribution in [2.45, 2.75) is 88.4 Å². The van der Waals surface area contributed by atoms with Gasteiger partial charge in [-0.15, -0.1) is 0 Å². The van der Waals surface area contributed by atoms with Gasteiger partial charge in [0.25, 0.3) is 0 Å². The van der Waals surface area contributed by atoms with E-state index >= 15 is 0 Å². The molecule has 0 aliphatic heterocycles. The molecule has 0 saturated heterocycles. The summed E-state index contributed by atoms with van der Waals surface area (Å²) < 4.78 is 0. The van der Waals surface area contributed by atoms with Crippen LogP contribution in [0.5, 0.6) is 0 Å². The van der Waals surface area contributed by atoms with Gasteiger partial charge in [0.05, 0.1) is 0 Å². The van der Waals surface area contributed by atoms with E-state index in [9.17, 15) is 0 Å². The molecule has 0 aromatic heterocycles. The molecule has 0 radical (unpaired) electrons. The molecule has 2 bridgehead atoms. The summed E-state index contributed by atoms with van der Waals surface area (Å²) in [4.78, 5) is 2.63. The summed E-state index contributed by atoms with van der Waals surface area (Å²) in [7, 11) is 0. The van der Waals surface area contributed by atoms with Gasteiger partial charge in [-0.1, -0.05) is 173 Å². The first-order valence-electron chi connectivity index (χ1n) is 23.2. The van der Waals surface area contributed by atoms with Crippen LogP contribution in [-0.4, -0.2) is 0 Å². The van der Waals surface area contributed by atoms with Crippen LogP contribution in [-0.2, 0) is 10.8 Å². The summed E-state index contributed by atoms with van der Waals surface area (Å²) in [5.74, 6) is 2.20. The Balaban J connectivity index is 1.10. The molecule has 0 amide bonds. The third kappa shape index (κ3) is 5.30. The Labute approximate surface area is 357 Å². The van der Waals surface area contributed by atoms with Gasteiger partial charge in [0.2, 0.25) is 0 Å². The first-order chi connectivity index (χ1) is 29.7. The highest BCUT2D eigenvalue weighted by Crippen LogP contribution is 2.65. The zero-order valence-electron chi connectivity index (χ0n) is 35.0. The molecule has 7 aromatic carbocycles. The first kappa shape index (κ1) is 36.2. The summed E-state index contributed by atoms with van der Waals surface area (Å²) in [5, 5.41) is 0. The van der Waals surface area contributed by atoms with Gasteiger partial charge < -0.3 is 4.90 Å². The number of hydrogen-bond acceptors (Lipinski definition) is 1. The zero-order chi connectivity index (χ0) is 39.8. The molecule has 60 heavy (non-hydrogen) atoms. The van der Waals surface area contributed by atoms with E-state index in [1.807, 2.05) is 0 Å². The van der Waals surface area contributed by atoms with Crippen molar-refractivity contribution in [3.63, 3.8) is 0 Å². The van der Waals surface area contributed by atoms with Crippen molar-refractivity contribution >= 4 is 17.1 Å². The lowest BCUT2D eigenvalue weighted by molar-refractivity contribution is 0.0557. The van der Waals surface area contributed by atoms with Crippen LogP contribution in [0.3, 0.4) is 0 Å². The molecule has 2 spiro atoms. The van der Waals surface area contributed by atoms with E-state index in [-0.39, 0.29) is 10.8 Å². The molecule has 4 atom stereocenters. The van der Waals surface area contributed by atoms with Gasteiger partial charge in [-0.25, -0.2) is 0 Å². The summed E-state index contributed by atoms with van der Waals surface area (Å²) in [6, 6.07) is 63.3. The van der Waals surface area contributed by atoms with Crippen LogP contribution in [0, 0.1) is 17.8 Å². The summed E-state index contributed by atoms with van der Waals surface area (Å²) in [6.07, 6.45) is 14.4. The Bertz CT molecular complexity index is 2730. The van der Waals surface area contributed by atoms with Crippen LogP contribution in [0.25, 0.3) is 44.5 Å². The van der Waals surface area contributed by atoms with Crippen LogP contribution in [0.4, 0.5) is 17.1 Å². The minimum absolute atomic E-state index is 0.0530. The van der Waals surface area contributed by atoms with Crippen molar-refractivity contribution < 1.29 is 0 Å². The van der Waals surface area contributed by atoms with E-state index in [0.29, 0.717) is 11.8 Å². The molecule has 3 saturated carbocycles. The maximum Gasteiger partial charge on any atom is 0.0468 e. The maximum atomic E-state index is 2.68. The van der Waals surface area contributed by atoms with E-state index in [2.05, 4.69) is 176 Å². The fraction of sp³-hybridized carbons (Fsp3) is 0.288. The van der Waals surface area contributed by atoms with E-state index < -0.39 is 0 Å². The van der Waals surface area contributed by atoms with Gasteiger partial charge in [-0.3, -0.25) is 0 Å². The fourth-order valence-corrected chi connectivity index (χ4v) is 13.8. The highest BCUT2D eigenvalue weighted by Gasteiger charge is 2.56. The van der Waals surface area contributed by atoms with Gasteiger partial charge in [-0.2, -0.15) is 0 Å². The molecule has 1 heteroatoms. The van der Waals surface area contributed by atoms with Gasteiger partial charge in [-0.05, 0) is 153 Å². The lowest BCUT2D eigenvalue weighted by atomic mass is 9.50. The van der Waals surface area contributed by atoms with Crippen LogP contribution in [0.2, 0.25) is 0 Å². The molecule has 296 valence electrons. The molecule has 0 heterocycles. The zero-order valence-corrected chi connectivity index (χ0v) is 35.0. The number of rotatable bonds is 6. The van der Waals surface area contributed by atoms with Crippen molar-refractivity contribution in [3.05, 3.63) is 186 Å². The number of hydrogen-bond donors (Lipinski definition) is 0. The molecule has 5 aliphatic rings. The molecule has 1 nitrogen and oxygen atoms in total. The topological polar surface area (TPSA) is 3.24 Å². The third-order valence-corrected chi connectivity index (χ3v) is 16.2. The maximum absolute atomic E-state index is 2.68. The van der Waals surface area contributed by atoms with Gasteiger partial charge in [0, 0.05) is 27.9 Å². The Morgan fingerprint density at radius 1 is 0.450 bits per heavy atom. The summed E-state index contributed by atoms with van der Waals surface area (Å²) >= 11 is 0. The third-order valence-electron chi connectivity index (χ3n) is 16.2. The average Bonchev–Trinajstić information content (AvgIpc) is 3.75. The molecule has 0 N–H and O–H groups in total. The van der Waals surface area contributed by atoms with Gasteiger partial charge in [0.15, 0.2) is 0 Å². The lowest BCUT2D eigenvalue weighted by Crippen LogP contribution is -2.48. The quantitative estimate of drug-likeness (QED) is 0.163. The predicted octanol–water partition coefficient (Wildman–Crippen LogP) is 16.2. The van der Waals surface area contributed by atoms with Gasteiger partial charge in [0.1, 0.15) is 0 Å². The molecule has 5 aliphatic carbocycles. The lowest BCUT2D eigenvalue weighted by Gasteiger charge is -2.54. The number of benzene rings is 7.